The second-order valence-corrected chi connectivity index (χ2v) is 9.81. The largest absolute Gasteiger partial charge is 0.352 e. The molecule has 2 aromatic carbocycles. The smallest absolute Gasteiger partial charge is 0.244 e. The number of carbonyl (C=O) groups is 2. The van der Waals surface area contributed by atoms with Gasteiger partial charge in [-0.25, -0.2) is 8.42 Å². The molecular weight excluding hydrogens is 414 g/mol. The fourth-order valence-electron chi connectivity index (χ4n) is 3.21. The second kappa shape index (κ2) is 10.4. The van der Waals surface area contributed by atoms with Crippen LogP contribution < -0.4 is 9.62 Å². The van der Waals surface area contributed by atoms with Crippen LogP contribution in [-0.4, -0.2) is 50.0 Å². The summed E-state index contributed by atoms with van der Waals surface area (Å²) in [6.45, 7) is 6.93. The minimum atomic E-state index is -3.72. The van der Waals surface area contributed by atoms with E-state index >= 15 is 0 Å². The molecule has 0 saturated heterocycles. The maximum absolute atomic E-state index is 13.4. The summed E-state index contributed by atoms with van der Waals surface area (Å²) in [4.78, 5) is 27.4. The summed E-state index contributed by atoms with van der Waals surface area (Å²) in [5.41, 5.74) is 2.03. The summed E-state index contributed by atoms with van der Waals surface area (Å²) in [6.07, 6.45) is 1.07. The number of hydrogen-bond acceptors (Lipinski definition) is 4. The molecule has 0 saturated carbocycles. The monoisotopic (exact) mass is 445 g/mol. The Morgan fingerprint density at radius 2 is 1.55 bits per heavy atom. The van der Waals surface area contributed by atoms with Crippen LogP contribution in [0.3, 0.4) is 0 Å². The first-order valence-electron chi connectivity index (χ1n) is 10.2. The number of rotatable bonds is 9. The number of hydrogen-bond donors (Lipinski definition) is 1. The van der Waals surface area contributed by atoms with E-state index in [1.54, 1.807) is 38.1 Å². The van der Waals surface area contributed by atoms with E-state index < -0.39 is 28.5 Å². The SMILES string of the molecule is Cc1ccccc1N(CC(=O)N(Cc1ccccc1)[C@@H](C)C(=O)NC(C)C)S(C)(=O)=O. The highest BCUT2D eigenvalue weighted by Gasteiger charge is 2.30. The van der Waals surface area contributed by atoms with E-state index in [0.717, 1.165) is 21.7 Å². The molecule has 1 N–H and O–H groups in total. The molecule has 0 bridgehead atoms. The summed E-state index contributed by atoms with van der Waals surface area (Å²) in [7, 11) is -3.72. The van der Waals surface area contributed by atoms with Gasteiger partial charge in [-0.1, -0.05) is 48.5 Å². The van der Waals surface area contributed by atoms with Gasteiger partial charge >= 0.3 is 0 Å². The molecule has 1 atom stereocenters. The van der Waals surface area contributed by atoms with Crippen LogP contribution in [0.25, 0.3) is 0 Å². The Morgan fingerprint density at radius 1 is 0.968 bits per heavy atom. The van der Waals surface area contributed by atoms with Crippen LogP contribution in [0.2, 0.25) is 0 Å². The zero-order valence-electron chi connectivity index (χ0n) is 18.7. The normalized spacial score (nSPS) is 12.3. The molecule has 0 spiro atoms. The van der Waals surface area contributed by atoms with Crippen LogP contribution in [0.5, 0.6) is 0 Å². The van der Waals surface area contributed by atoms with Crippen molar-refractivity contribution in [2.75, 3.05) is 17.1 Å². The molecule has 0 unspecified atom stereocenters. The number of aryl methyl sites for hydroxylation is 1. The lowest BCUT2D eigenvalue weighted by Gasteiger charge is -2.32. The highest BCUT2D eigenvalue weighted by atomic mass is 32.2. The lowest BCUT2D eigenvalue weighted by molar-refractivity contribution is -0.139. The van der Waals surface area contributed by atoms with Gasteiger partial charge in [0.2, 0.25) is 21.8 Å². The van der Waals surface area contributed by atoms with Crippen molar-refractivity contribution in [1.82, 2.24) is 10.2 Å². The molecule has 0 aliphatic carbocycles. The van der Waals surface area contributed by atoms with Gasteiger partial charge < -0.3 is 10.2 Å². The Bertz CT molecular complexity index is 1010. The summed E-state index contributed by atoms with van der Waals surface area (Å²) in [5.74, 6) is -0.745. The molecule has 31 heavy (non-hydrogen) atoms. The maximum atomic E-state index is 13.4. The van der Waals surface area contributed by atoms with Gasteiger partial charge in [0.25, 0.3) is 0 Å². The molecule has 2 amide bonds. The van der Waals surface area contributed by atoms with Gasteiger partial charge in [-0.2, -0.15) is 0 Å². The number of para-hydroxylation sites is 1. The maximum Gasteiger partial charge on any atom is 0.244 e. The average Bonchev–Trinajstić information content (AvgIpc) is 2.69. The molecule has 168 valence electrons. The van der Waals surface area contributed by atoms with Crippen LogP contribution in [0.15, 0.2) is 54.6 Å². The predicted octanol–water partition coefficient (Wildman–Crippen LogP) is 2.70. The van der Waals surface area contributed by atoms with Gasteiger partial charge in [0, 0.05) is 12.6 Å². The van der Waals surface area contributed by atoms with E-state index in [1.807, 2.05) is 44.2 Å². The van der Waals surface area contributed by atoms with Gasteiger partial charge in [-0.3, -0.25) is 13.9 Å². The molecule has 0 heterocycles. The van der Waals surface area contributed by atoms with Crippen molar-refractivity contribution >= 4 is 27.5 Å². The van der Waals surface area contributed by atoms with Crippen molar-refractivity contribution in [3.8, 4) is 0 Å². The summed E-state index contributed by atoms with van der Waals surface area (Å²) < 4.78 is 26.1. The Morgan fingerprint density at radius 3 is 2.10 bits per heavy atom. The van der Waals surface area contributed by atoms with E-state index in [1.165, 1.54) is 4.90 Å². The Hall–Kier alpha value is -2.87. The Balaban J connectivity index is 2.38. The fraction of sp³-hybridized carbons (Fsp3) is 0.391. The number of nitrogens with one attached hydrogen (secondary N) is 1. The average molecular weight is 446 g/mol. The standard InChI is InChI=1S/C23H31N3O4S/c1-17(2)24-23(28)19(4)25(15-20-12-7-6-8-13-20)22(27)16-26(31(5,29)30)21-14-10-9-11-18(21)3/h6-14,17,19H,15-16H2,1-5H3,(H,24,28)/t19-/m0/s1. The number of amides is 2. The molecule has 2 rings (SSSR count). The highest BCUT2D eigenvalue weighted by molar-refractivity contribution is 7.92. The van der Waals surface area contributed by atoms with Crippen molar-refractivity contribution in [3.63, 3.8) is 0 Å². The van der Waals surface area contributed by atoms with Gasteiger partial charge in [-0.15, -0.1) is 0 Å². The van der Waals surface area contributed by atoms with E-state index in [2.05, 4.69) is 5.32 Å². The second-order valence-electron chi connectivity index (χ2n) is 7.90. The first-order valence-corrected chi connectivity index (χ1v) is 12.0. The molecule has 0 radical (unpaired) electrons. The minimum Gasteiger partial charge on any atom is -0.352 e. The lowest BCUT2D eigenvalue weighted by Crippen LogP contribution is -2.52. The Kier molecular flexibility index (Phi) is 8.21. The zero-order chi connectivity index (χ0) is 23.2. The van der Waals surface area contributed by atoms with Crippen molar-refractivity contribution in [2.45, 2.75) is 46.3 Å². The van der Waals surface area contributed by atoms with Crippen molar-refractivity contribution < 1.29 is 18.0 Å². The number of nitrogens with zero attached hydrogens (tertiary/aromatic N) is 2. The van der Waals surface area contributed by atoms with Crippen molar-refractivity contribution in [1.29, 1.82) is 0 Å². The summed E-state index contributed by atoms with van der Waals surface area (Å²) >= 11 is 0. The van der Waals surface area contributed by atoms with E-state index in [9.17, 15) is 18.0 Å². The molecule has 0 aliphatic heterocycles. The molecule has 2 aromatic rings. The van der Waals surface area contributed by atoms with Crippen LogP contribution in [0, 0.1) is 6.92 Å². The van der Waals surface area contributed by atoms with Crippen molar-refractivity contribution in [2.24, 2.45) is 0 Å². The first kappa shape index (κ1) is 24.4. The molecule has 7 nitrogen and oxygen atoms in total. The van der Waals surface area contributed by atoms with Gasteiger partial charge in [-0.05, 0) is 44.9 Å². The van der Waals surface area contributed by atoms with E-state index in [-0.39, 0.29) is 18.5 Å². The van der Waals surface area contributed by atoms with Gasteiger partial charge in [0.15, 0.2) is 0 Å². The molecule has 0 aliphatic rings. The fourth-order valence-corrected chi connectivity index (χ4v) is 4.11. The minimum absolute atomic E-state index is 0.0805. The van der Waals surface area contributed by atoms with Crippen molar-refractivity contribution in [3.05, 3.63) is 65.7 Å². The molecular formula is C23H31N3O4S. The summed E-state index contributed by atoms with van der Waals surface area (Å²) in [6, 6.07) is 15.4. The van der Waals surface area contributed by atoms with Gasteiger partial charge in [0.05, 0.1) is 11.9 Å². The number of carbonyl (C=O) groups excluding carboxylic acids is 2. The van der Waals surface area contributed by atoms with Crippen LogP contribution >= 0.6 is 0 Å². The van der Waals surface area contributed by atoms with Crippen LogP contribution in [0.4, 0.5) is 5.69 Å². The highest BCUT2D eigenvalue weighted by Crippen LogP contribution is 2.22. The Labute approximate surface area is 185 Å². The third-order valence-corrected chi connectivity index (χ3v) is 5.98. The predicted molar refractivity (Wildman–Crippen MR) is 123 cm³/mol. The quantitative estimate of drug-likeness (QED) is 0.643. The third-order valence-electron chi connectivity index (χ3n) is 4.86. The number of sulfonamides is 1. The lowest BCUT2D eigenvalue weighted by atomic mass is 10.1. The number of benzene rings is 2. The van der Waals surface area contributed by atoms with Crippen LogP contribution in [-0.2, 0) is 26.2 Å². The van der Waals surface area contributed by atoms with Crippen LogP contribution in [0.1, 0.15) is 31.9 Å². The van der Waals surface area contributed by atoms with Gasteiger partial charge in [0.1, 0.15) is 12.6 Å². The zero-order valence-corrected chi connectivity index (χ0v) is 19.5. The van der Waals surface area contributed by atoms with E-state index in [0.29, 0.717) is 5.69 Å². The summed E-state index contributed by atoms with van der Waals surface area (Å²) in [5, 5.41) is 2.82. The molecule has 0 fully saturated rings. The topological polar surface area (TPSA) is 86.8 Å². The molecule has 8 heteroatoms. The third kappa shape index (κ3) is 6.82. The van der Waals surface area contributed by atoms with E-state index in [4.69, 9.17) is 0 Å². The number of anilines is 1. The first-order chi connectivity index (χ1) is 14.5. The molecule has 0 aromatic heterocycles.